The molecule has 4 heteroatoms. The van der Waals surface area contributed by atoms with Crippen molar-refractivity contribution >= 4 is 15.2 Å². The standard InChI is InChI=1S/C4H8NO2P/c6-3-1-4(7)5(8)2-3/h4,7H,1-2,8H2. The van der Waals surface area contributed by atoms with Gasteiger partial charge in [0, 0.05) is 6.42 Å². The Morgan fingerprint density at radius 1 is 1.88 bits per heavy atom. The van der Waals surface area contributed by atoms with Crippen LogP contribution in [0.25, 0.3) is 0 Å². The SMILES string of the molecule is O=C1CC(O)N(P)C1. The van der Waals surface area contributed by atoms with Crippen molar-refractivity contribution in [2.45, 2.75) is 12.6 Å². The van der Waals surface area contributed by atoms with Gasteiger partial charge in [0.25, 0.3) is 0 Å². The highest BCUT2D eigenvalue weighted by molar-refractivity contribution is 7.13. The van der Waals surface area contributed by atoms with E-state index in [2.05, 4.69) is 9.39 Å². The molecule has 3 nitrogen and oxygen atoms in total. The van der Waals surface area contributed by atoms with Crippen molar-refractivity contribution in [2.75, 3.05) is 6.54 Å². The monoisotopic (exact) mass is 133 g/mol. The predicted octanol–water partition coefficient (Wildman–Crippen LogP) is -0.630. The van der Waals surface area contributed by atoms with Gasteiger partial charge in [-0.3, -0.25) is 9.46 Å². The highest BCUT2D eigenvalue weighted by atomic mass is 31.0. The molecule has 1 heterocycles. The molecule has 0 aliphatic carbocycles. The number of carbonyl (C=O) groups is 1. The second-order valence-corrected chi connectivity index (χ2v) is 2.56. The molecule has 1 aliphatic rings. The lowest BCUT2D eigenvalue weighted by molar-refractivity contribution is -0.117. The smallest absolute Gasteiger partial charge is 0.151 e. The van der Waals surface area contributed by atoms with E-state index in [1.165, 1.54) is 0 Å². The number of hydrogen-bond acceptors (Lipinski definition) is 3. The molecule has 0 saturated carbocycles. The van der Waals surface area contributed by atoms with E-state index in [1.54, 1.807) is 4.67 Å². The van der Waals surface area contributed by atoms with Crippen LogP contribution >= 0.6 is 9.39 Å². The lowest BCUT2D eigenvalue weighted by atomic mass is 10.3. The first kappa shape index (κ1) is 6.14. The molecule has 46 valence electrons. The minimum atomic E-state index is -0.563. The summed E-state index contributed by atoms with van der Waals surface area (Å²) in [5.74, 6) is 0.104. The maximum absolute atomic E-state index is 10.4. The Labute approximate surface area is 49.9 Å². The number of aliphatic hydroxyl groups is 1. The van der Waals surface area contributed by atoms with Crippen molar-refractivity contribution in [3.8, 4) is 0 Å². The molecule has 8 heavy (non-hydrogen) atoms. The number of carbonyl (C=O) groups excluding carboxylic acids is 1. The lowest BCUT2D eigenvalue weighted by Gasteiger charge is -2.09. The average Bonchev–Trinajstić information content (AvgIpc) is 1.85. The van der Waals surface area contributed by atoms with Gasteiger partial charge >= 0.3 is 0 Å². The lowest BCUT2D eigenvalue weighted by Crippen LogP contribution is -2.17. The van der Waals surface area contributed by atoms with E-state index < -0.39 is 6.23 Å². The highest BCUT2D eigenvalue weighted by Gasteiger charge is 2.24. The molecule has 0 amide bonds. The zero-order chi connectivity index (χ0) is 6.15. The van der Waals surface area contributed by atoms with Gasteiger partial charge in [-0.25, -0.2) is 0 Å². The molecule has 1 rings (SSSR count). The molecule has 0 aromatic heterocycles. The number of nitrogens with zero attached hydrogens (tertiary/aromatic N) is 1. The third kappa shape index (κ3) is 1.05. The number of hydrogen-bond donors (Lipinski definition) is 1. The van der Waals surface area contributed by atoms with Gasteiger partial charge in [-0.05, 0) is 0 Å². The fourth-order valence-electron chi connectivity index (χ4n) is 0.694. The summed E-state index contributed by atoms with van der Waals surface area (Å²) < 4.78 is 1.54. The zero-order valence-electron chi connectivity index (χ0n) is 4.37. The van der Waals surface area contributed by atoms with Crippen LogP contribution in [0.3, 0.4) is 0 Å². The summed E-state index contributed by atoms with van der Waals surface area (Å²) in [7, 11) is 2.30. The first-order valence-corrected chi connectivity index (χ1v) is 2.93. The first-order valence-electron chi connectivity index (χ1n) is 2.41. The third-order valence-electron chi connectivity index (χ3n) is 1.15. The maximum atomic E-state index is 10.4. The topological polar surface area (TPSA) is 40.5 Å². The van der Waals surface area contributed by atoms with Gasteiger partial charge in [0.1, 0.15) is 6.23 Å². The fraction of sp³-hybridized carbons (Fsp3) is 0.750. The average molecular weight is 133 g/mol. The van der Waals surface area contributed by atoms with Crippen molar-refractivity contribution < 1.29 is 9.90 Å². The quantitative estimate of drug-likeness (QED) is 0.447. The third-order valence-corrected chi connectivity index (χ3v) is 1.68. The zero-order valence-corrected chi connectivity index (χ0v) is 5.53. The summed E-state index contributed by atoms with van der Waals surface area (Å²) in [5.41, 5.74) is 0. The number of Topliss-reactive ketones (excluding diaryl/α,β-unsaturated/α-hetero) is 1. The summed E-state index contributed by atoms with van der Waals surface area (Å²) in [4.78, 5) is 10.4. The molecule has 0 bridgehead atoms. The van der Waals surface area contributed by atoms with Crippen LogP contribution in [0.5, 0.6) is 0 Å². The Bertz CT molecular complexity index is 105. The van der Waals surface area contributed by atoms with E-state index >= 15 is 0 Å². The van der Waals surface area contributed by atoms with E-state index in [4.69, 9.17) is 5.11 Å². The van der Waals surface area contributed by atoms with Crippen LogP contribution in [0.2, 0.25) is 0 Å². The van der Waals surface area contributed by atoms with E-state index in [-0.39, 0.29) is 12.2 Å². The summed E-state index contributed by atoms with van der Waals surface area (Å²) in [6, 6.07) is 0. The normalized spacial score (nSPS) is 31.8. The van der Waals surface area contributed by atoms with E-state index in [0.29, 0.717) is 6.54 Å². The fourth-order valence-corrected chi connectivity index (χ4v) is 1.00. The minimum absolute atomic E-state index is 0.104. The molecule has 1 N–H and O–H groups in total. The Morgan fingerprint density at radius 2 is 2.50 bits per heavy atom. The van der Waals surface area contributed by atoms with Crippen LogP contribution in [0, 0.1) is 0 Å². The Balaban J connectivity index is 2.51. The second kappa shape index (κ2) is 2.09. The molecule has 2 atom stereocenters. The van der Waals surface area contributed by atoms with Gasteiger partial charge in [-0.2, -0.15) is 0 Å². The summed E-state index contributed by atoms with van der Waals surface area (Å²) >= 11 is 0. The van der Waals surface area contributed by atoms with Crippen LogP contribution in [0.4, 0.5) is 0 Å². The van der Waals surface area contributed by atoms with Gasteiger partial charge in [-0.15, -0.1) is 0 Å². The number of rotatable bonds is 0. The van der Waals surface area contributed by atoms with E-state index in [1.807, 2.05) is 0 Å². The predicted molar refractivity (Wildman–Crippen MR) is 32.0 cm³/mol. The number of aliphatic hydroxyl groups excluding tert-OH is 1. The van der Waals surface area contributed by atoms with Crippen LogP contribution < -0.4 is 0 Å². The molecular formula is C4H8NO2P. The molecule has 2 unspecified atom stereocenters. The molecule has 0 aromatic carbocycles. The van der Waals surface area contributed by atoms with Crippen LogP contribution in [-0.2, 0) is 4.79 Å². The molecule has 0 radical (unpaired) electrons. The van der Waals surface area contributed by atoms with Crippen LogP contribution in [0.1, 0.15) is 6.42 Å². The van der Waals surface area contributed by atoms with E-state index in [0.717, 1.165) is 0 Å². The van der Waals surface area contributed by atoms with Crippen molar-refractivity contribution in [1.82, 2.24) is 4.67 Å². The molecule has 0 aromatic rings. The molecule has 1 fully saturated rings. The summed E-state index contributed by atoms with van der Waals surface area (Å²) in [5, 5.41) is 8.85. The van der Waals surface area contributed by atoms with Gasteiger partial charge < -0.3 is 5.11 Å². The van der Waals surface area contributed by atoms with Gasteiger partial charge in [0.15, 0.2) is 5.78 Å². The van der Waals surface area contributed by atoms with Crippen LogP contribution in [-0.4, -0.2) is 28.3 Å². The van der Waals surface area contributed by atoms with Crippen molar-refractivity contribution in [1.29, 1.82) is 0 Å². The van der Waals surface area contributed by atoms with Gasteiger partial charge in [-0.1, -0.05) is 9.39 Å². The molecular weight excluding hydrogens is 125 g/mol. The Hall–Kier alpha value is 0.0200. The van der Waals surface area contributed by atoms with Crippen molar-refractivity contribution in [3.63, 3.8) is 0 Å². The molecule has 1 aliphatic heterocycles. The Kier molecular flexibility index (Phi) is 1.61. The first-order chi connectivity index (χ1) is 3.70. The maximum Gasteiger partial charge on any atom is 0.151 e. The van der Waals surface area contributed by atoms with Crippen LogP contribution in [0.15, 0.2) is 0 Å². The summed E-state index contributed by atoms with van der Waals surface area (Å²) in [6.07, 6.45) is -0.281. The van der Waals surface area contributed by atoms with Crippen molar-refractivity contribution in [2.24, 2.45) is 0 Å². The Morgan fingerprint density at radius 3 is 2.62 bits per heavy atom. The summed E-state index contributed by atoms with van der Waals surface area (Å²) in [6.45, 7) is 0.367. The largest absolute Gasteiger partial charge is 0.378 e. The van der Waals surface area contributed by atoms with Gasteiger partial charge in [0.05, 0.1) is 6.54 Å². The minimum Gasteiger partial charge on any atom is -0.378 e. The highest BCUT2D eigenvalue weighted by Crippen LogP contribution is 2.14. The van der Waals surface area contributed by atoms with Crippen molar-refractivity contribution in [3.05, 3.63) is 0 Å². The second-order valence-electron chi connectivity index (χ2n) is 1.90. The molecule has 1 saturated heterocycles. The van der Waals surface area contributed by atoms with Gasteiger partial charge in [0.2, 0.25) is 0 Å². The number of ketones is 1. The van der Waals surface area contributed by atoms with E-state index in [9.17, 15) is 4.79 Å². The molecule has 0 spiro atoms.